The maximum absolute atomic E-state index is 12.5. The molecule has 1 saturated carbocycles. The number of nitrogens with one attached hydrogen (secondary N) is 1. The van der Waals surface area contributed by atoms with Crippen LogP contribution < -0.4 is 10.5 Å². The molecule has 0 heterocycles. The summed E-state index contributed by atoms with van der Waals surface area (Å²) in [6.45, 7) is 2.28. The molecule has 1 fully saturated rings. The van der Waals surface area contributed by atoms with E-state index in [1.807, 2.05) is 0 Å². The standard InChI is InChI=1S/C15H22N2O4S.ClH/c1-2-21-14(18)12-5-7-13(8-6-12)22(19,20)17-15(11-16)9-3-4-10-15;/h5-8,17H,2-4,9-11,16H2,1H3;1H. The molecule has 2 rings (SSSR count). The summed E-state index contributed by atoms with van der Waals surface area (Å²) in [6.07, 6.45) is 3.45. The predicted octanol–water partition coefficient (Wildman–Crippen LogP) is 1.83. The zero-order valence-electron chi connectivity index (χ0n) is 13.1. The van der Waals surface area contributed by atoms with Gasteiger partial charge in [0.15, 0.2) is 0 Å². The third-order valence-corrected chi connectivity index (χ3v) is 5.57. The SMILES string of the molecule is CCOC(=O)c1ccc(S(=O)(=O)NC2(CN)CCCC2)cc1.Cl. The van der Waals surface area contributed by atoms with Crippen molar-refractivity contribution in [1.82, 2.24) is 4.72 Å². The second-order valence-electron chi connectivity index (χ2n) is 5.54. The normalized spacial score (nSPS) is 16.6. The van der Waals surface area contributed by atoms with E-state index in [1.54, 1.807) is 6.92 Å². The maximum Gasteiger partial charge on any atom is 0.338 e. The van der Waals surface area contributed by atoms with E-state index in [0.717, 1.165) is 25.7 Å². The van der Waals surface area contributed by atoms with E-state index in [2.05, 4.69) is 4.72 Å². The van der Waals surface area contributed by atoms with Crippen LogP contribution in [0, 0.1) is 0 Å². The maximum atomic E-state index is 12.5. The molecule has 3 N–H and O–H groups in total. The van der Waals surface area contributed by atoms with Crippen LogP contribution >= 0.6 is 12.4 Å². The fourth-order valence-corrected chi connectivity index (χ4v) is 4.20. The van der Waals surface area contributed by atoms with Crippen LogP contribution in [-0.2, 0) is 14.8 Å². The van der Waals surface area contributed by atoms with Crippen LogP contribution in [0.25, 0.3) is 0 Å². The van der Waals surface area contributed by atoms with Crippen molar-refractivity contribution in [1.29, 1.82) is 0 Å². The number of hydrogen-bond acceptors (Lipinski definition) is 5. The summed E-state index contributed by atoms with van der Waals surface area (Å²) < 4.78 is 32.6. The number of esters is 1. The van der Waals surface area contributed by atoms with Gasteiger partial charge in [0.1, 0.15) is 0 Å². The van der Waals surface area contributed by atoms with Crippen molar-refractivity contribution in [2.24, 2.45) is 5.73 Å². The molecule has 0 saturated heterocycles. The van der Waals surface area contributed by atoms with Gasteiger partial charge in [-0.05, 0) is 44.0 Å². The number of halogens is 1. The molecule has 130 valence electrons. The molecule has 1 aliphatic rings. The molecular formula is C15H23ClN2O4S. The van der Waals surface area contributed by atoms with E-state index in [0.29, 0.717) is 5.56 Å². The van der Waals surface area contributed by atoms with Gasteiger partial charge in [-0.1, -0.05) is 12.8 Å². The van der Waals surface area contributed by atoms with Gasteiger partial charge in [0, 0.05) is 12.1 Å². The minimum atomic E-state index is -3.65. The van der Waals surface area contributed by atoms with Gasteiger partial charge in [0.25, 0.3) is 0 Å². The predicted molar refractivity (Wildman–Crippen MR) is 90.2 cm³/mol. The molecule has 1 aromatic rings. The molecule has 1 aromatic carbocycles. The Balaban J connectivity index is 0.00000264. The van der Waals surface area contributed by atoms with Crippen LogP contribution in [0.2, 0.25) is 0 Å². The lowest BCUT2D eigenvalue weighted by atomic mass is 10.0. The number of hydrogen-bond donors (Lipinski definition) is 2. The molecule has 0 spiro atoms. The fraction of sp³-hybridized carbons (Fsp3) is 0.533. The third-order valence-electron chi connectivity index (χ3n) is 3.98. The van der Waals surface area contributed by atoms with Gasteiger partial charge in [-0.25, -0.2) is 17.9 Å². The molecule has 0 radical (unpaired) electrons. The number of ether oxygens (including phenoxy) is 1. The zero-order chi connectivity index (χ0) is 16.2. The van der Waals surface area contributed by atoms with Gasteiger partial charge in [-0.2, -0.15) is 0 Å². The zero-order valence-corrected chi connectivity index (χ0v) is 14.7. The second kappa shape index (κ2) is 8.10. The van der Waals surface area contributed by atoms with Crippen LogP contribution in [-0.4, -0.2) is 33.1 Å². The first-order valence-electron chi connectivity index (χ1n) is 7.44. The number of carbonyl (C=O) groups is 1. The van der Waals surface area contributed by atoms with Crippen molar-refractivity contribution in [3.05, 3.63) is 29.8 Å². The van der Waals surface area contributed by atoms with Crippen molar-refractivity contribution >= 4 is 28.4 Å². The van der Waals surface area contributed by atoms with Gasteiger partial charge in [0.2, 0.25) is 10.0 Å². The first kappa shape index (κ1) is 19.9. The summed E-state index contributed by atoms with van der Waals surface area (Å²) in [5.41, 5.74) is 5.55. The van der Waals surface area contributed by atoms with Crippen molar-refractivity contribution < 1.29 is 17.9 Å². The van der Waals surface area contributed by atoms with Crippen molar-refractivity contribution in [3.63, 3.8) is 0 Å². The van der Waals surface area contributed by atoms with E-state index in [-0.39, 0.29) is 30.5 Å². The lowest BCUT2D eigenvalue weighted by Crippen LogP contribution is -2.51. The molecule has 0 unspecified atom stereocenters. The minimum absolute atomic E-state index is 0. The molecule has 0 atom stereocenters. The lowest BCUT2D eigenvalue weighted by Gasteiger charge is -2.28. The molecule has 0 aromatic heterocycles. The first-order chi connectivity index (χ1) is 10.4. The average molecular weight is 363 g/mol. The molecule has 1 aliphatic carbocycles. The molecular weight excluding hydrogens is 340 g/mol. The Kier molecular flexibility index (Phi) is 7.01. The first-order valence-corrected chi connectivity index (χ1v) is 8.92. The molecule has 23 heavy (non-hydrogen) atoms. The Bertz CT molecular complexity index is 625. The van der Waals surface area contributed by atoms with Gasteiger partial charge < -0.3 is 10.5 Å². The van der Waals surface area contributed by atoms with Crippen LogP contribution in [0.5, 0.6) is 0 Å². The van der Waals surface area contributed by atoms with Crippen LogP contribution in [0.3, 0.4) is 0 Å². The highest BCUT2D eigenvalue weighted by Crippen LogP contribution is 2.30. The van der Waals surface area contributed by atoms with Gasteiger partial charge in [-0.15, -0.1) is 12.4 Å². The molecule has 8 heteroatoms. The summed E-state index contributed by atoms with van der Waals surface area (Å²) >= 11 is 0. The quantitative estimate of drug-likeness (QED) is 0.752. The fourth-order valence-electron chi connectivity index (χ4n) is 2.73. The van der Waals surface area contributed by atoms with Crippen molar-refractivity contribution in [3.8, 4) is 0 Å². The summed E-state index contributed by atoms with van der Waals surface area (Å²) in [7, 11) is -3.65. The summed E-state index contributed by atoms with van der Waals surface area (Å²) in [4.78, 5) is 11.7. The molecule has 0 aliphatic heterocycles. The molecule has 0 bridgehead atoms. The topological polar surface area (TPSA) is 98.5 Å². The van der Waals surface area contributed by atoms with Crippen molar-refractivity contribution in [2.75, 3.05) is 13.2 Å². The smallest absolute Gasteiger partial charge is 0.338 e. The number of sulfonamides is 1. The summed E-state index contributed by atoms with van der Waals surface area (Å²) in [6, 6.07) is 5.73. The Hall–Kier alpha value is -1.15. The van der Waals surface area contributed by atoms with E-state index < -0.39 is 21.5 Å². The molecule has 0 amide bonds. The van der Waals surface area contributed by atoms with Gasteiger partial charge >= 0.3 is 5.97 Å². The second-order valence-corrected chi connectivity index (χ2v) is 7.22. The monoisotopic (exact) mass is 362 g/mol. The third kappa shape index (κ3) is 4.67. The summed E-state index contributed by atoms with van der Waals surface area (Å²) in [5.74, 6) is -0.464. The largest absolute Gasteiger partial charge is 0.462 e. The number of nitrogens with two attached hydrogens (primary N) is 1. The van der Waals surface area contributed by atoms with Crippen LogP contribution in [0.15, 0.2) is 29.2 Å². The summed E-state index contributed by atoms with van der Waals surface area (Å²) in [5, 5.41) is 0. The lowest BCUT2D eigenvalue weighted by molar-refractivity contribution is 0.0526. The number of carbonyl (C=O) groups excluding carboxylic acids is 1. The number of rotatable bonds is 6. The average Bonchev–Trinajstić information content (AvgIpc) is 2.96. The Labute approximate surface area is 143 Å². The van der Waals surface area contributed by atoms with E-state index in [4.69, 9.17) is 10.5 Å². The van der Waals surface area contributed by atoms with Gasteiger partial charge in [-0.3, -0.25) is 0 Å². The highest BCUT2D eigenvalue weighted by atomic mass is 35.5. The Morgan fingerprint density at radius 3 is 2.30 bits per heavy atom. The van der Waals surface area contributed by atoms with Gasteiger partial charge in [0.05, 0.1) is 17.1 Å². The number of benzene rings is 1. The highest BCUT2D eigenvalue weighted by Gasteiger charge is 2.36. The Morgan fingerprint density at radius 2 is 1.83 bits per heavy atom. The van der Waals surface area contributed by atoms with Crippen LogP contribution in [0.4, 0.5) is 0 Å². The minimum Gasteiger partial charge on any atom is -0.462 e. The Morgan fingerprint density at radius 1 is 1.26 bits per heavy atom. The van der Waals surface area contributed by atoms with E-state index in [9.17, 15) is 13.2 Å². The highest BCUT2D eigenvalue weighted by molar-refractivity contribution is 7.89. The van der Waals surface area contributed by atoms with E-state index in [1.165, 1.54) is 24.3 Å². The van der Waals surface area contributed by atoms with Crippen LogP contribution in [0.1, 0.15) is 43.0 Å². The van der Waals surface area contributed by atoms with E-state index >= 15 is 0 Å². The van der Waals surface area contributed by atoms with Crippen molar-refractivity contribution in [2.45, 2.75) is 43.0 Å². The molecule has 6 nitrogen and oxygen atoms in total.